The van der Waals surface area contributed by atoms with Gasteiger partial charge in [-0.05, 0) is 37.5 Å². The minimum absolute atomic E-state index is 0.0290. The van der Waals surface area contributed by atoms with Gasteiger partial charge in [-0.1, -0.05) is 48.0 Å². The second-order valence-corrected chi connectivity index (χ2v) is 8.48. The summed E-state index contributed by atoms with van der Waals surface area (Å²) in [6, 6.07) is 15.9. The number of aryl methyl sites for hydroxylation is 1. The van der Waals surface area contributed by atoms with E-state index in [0.29, 0.717) is 31.6 Å². The smallest absolute Gasteiger partial charge is 0.407 e. The fraction of sp³-hybridized carbons (Fsp3) is 0.300. The highest BCUT2D eigenvalue weighted by atomic mass is 32.2. The first kappa shape index (κ1) is 19.9. The van der Waals surface area contributed by atoms with Gasteiger partial charge in [0.15, 0.2) is 0 Å². The van der Waals surface area contributed by atoms with Crippen LogP contribution in [0.5, 0.6) is 0 Å². The number of hydrogen-bond acceptors (Lipinski definition) is 4. The van der Waals surface area contributed by atoms with Crippen LogP contribution in [0.25, 0.3) is 0 Å². The molecule has 0 spiro atoms. The Morgan fingerprint density at radius 3 is 2.25 bits per heavy atom. The molecule has 0 bridgehead atoms. The molecule has 0 aromatic heterocycles. The number of hydrazone groups is 1. The lowest BCUT2D eigenvalue weighted by atomic mass is 9.88. The Morgan fingerprint density at radius 2 is 1.68 bits per heavy atom. The number of rotatable bonds is 5. The molecule has 148 valence electrons. The van der Waals surface area contributed by atoms with Crippen molar-refractivity contribution in [3.8, 4) is 0 Å². The zero-order valence-electron chi connectivity index (χ0n) is 15.6. The highest BCUT2D eigenvalue weighted by Crippen LogP contribution is 2.23. The number of sulfonamides is 1. The summed E-state index contributed by atoms with van der Waals surface area (Å²) >= 11 is 0. The van der Waals surface area contributed by atoms with Gasteiger partial charge in [-0.3, -0.25) is 0 Å². The van der Waals surface area contributed by atoms with E-state index in [-0.39, 0.29) is 10.8 Å². The Bertz CT molecular complexity index is 949. The second-order valence-electron chi connectivity index (χ2n) is 6.81. The predicted octanol–water partition coefficient (Wildman–Crippen LogP) is 3.07. The van der Waals surface area contributed by atoms with Crippen molar-refractivity contribution >= 4 is 21.8 Å². The minimum Gasteiger partial charge on any atom is -0.465 e. The number of amides is 1. The summed E-state index contributed by atoms with van der Waals surface area (Å²) in [7, 11) is -3.79. The molecule has 1 heterocycles. The summed E-state index contributed by atoms with van der Waals surface area (Å²) < 4.78 is 25.2. The summed E-state index contributed by atoms with van der Waals surface area (Å²) in [5.74, 6) is -0.0290. The Kier molecular flexibility index (Phi) is 5.99. The van der Waals surface area contributed by atoms with Crippen LogP contribution in [-0.2, 0) is 10.0 Å². The van der Waals surface area contributed by atoms with Crippen LogP contribution in [-0.4, -0.2) is 43.3 Å². The molecule has 0 unspecified atom stereocenters. The molecule has 8 heteroatoms. The summed E-state index contributed by atoms with van der Waals surface area (Å²) in [5, 5.41) is 13.4. The molecule has 0 atom stereocenters. The predicted molar refractivity (Wildman–Crippen MR) is 107 cm³/mol. The number of nitrogens with one attached hydrogen (secondary N) is 1. The molecule has 0 aliphatic carbocycles. The van der Waals surface area contributed by atoms with Crippen LogP contribution >= 0.6 is 0 Å². The van der Waals surface area contributed by atoms with E-state index in [4.69, 9.17) is 5.11 Å². The van der Waals surface area contributed by atoms with Crippen molar-refractivity contribution in [2.24, 2.45) is 11.0 Å². The van der Waals surface area contributed by atoms with E-state index < -0.39 is 16.1 Å². The molecular formula is C20H23N3O4S. The fourth-order valence-corrected chi connectivity index (χ4v) is 4.04. The van der Waals surface area contributed by atoms with Crippen molar-refractivity contribution in [3.05, 3.63) is 65.7 Å². The van der Waals surface area contributed by atoms with E-state index in [0.717, 1.165) is 11.1 Å². The van der Waals surface area contributed by atoms with Crippen LogP contribution in [0.4, 0.5) is 4.79 Å². The maximum absolute atomic E-state index is 12.6. The van der Waals surface area contributed by atoms with E-state index in [1.165, 1.54) is 4.90 Å². The van der Waals surface area contributed by atoms with E-state index in [9.17, 15) is 13.2 Å². The molecule has 1 fully saturated rings. The second kappa shape index (κ2) is 8.43. The third-order valence-corrected chi connectivity index (χ3v) is 6.06. The molecule has 3 rings (SSSR count). The lowest BCUT2D eigenvalue weighted by molar-refractivity contribution is 0.131. The number of piperidine rings is 1. The Balaban J connectivity index is 1.85. The molecule has 1 saturated heterocycles. The zero-order valence-corrected chi connectivity index (χ0v) is 16.4. The third kappa shape index (κ3) is 4.69. The van der Waals surface area contributed by atoms with Gasteiger partial charge in [-0.2, -0.15) is 18.4 Å². The van der Waals surface area contributed by atoms with Crippen LogP contribution in [0.1, 0.15) is 24.0 Å². The topological polar surface area (TPSA) is 99.1 Å². The lowest BCUT2D eigenvalue weighted by Gasteiger charge is -2.30. The number of hydrogen-bond donors (Lipinski definition) is 2. The first-order valence-electron chi connectivity index (χ1n) is 9.06. The summed E-state index contributed by atoms with van der Waals surface area (Å²) in [6.07, 6.45) is 0.246. The van der Waals surface area contributed by atoms with Crippen LogP contribution in [0.3, 0.4) is 0 Å². The van der Waals surface area contributed by atoms with Gasteiger partial charge in [0.25, 0.3) is 10.0 Å². The van der Waals surface area contributed by atoms with Gasteiger partial charge in [0.2, 0.25) is 0 Å². The molecular weight excluding hydrogens is 378 g/mol. The van der Waals surface area contributed by atoms with Crippen molar-refractivity contribution in [2.45, 2.75) is 24.7 Å². The van der Waals surface area contributed by atoms with Crippen molar-refractivity contribution < 1.29 is 18.3 Å². The van der Waals surface area contributed by atoms with E-state index in [1.54, 1.807) is 24.3 Å². The Hall–Kier alpha value is -2.87. The molecule has 2 N–H and O–H groups in total. The largest absolute Gasteiger partial charge is 0.465 e. The number of carboxylic acid groups (broad SMARTS) is 1. The van der Waals surface area contributed by atoms with Gasteiger partial charge in [0.1, 0.15) is 0 Å². The molecule has 2 aromatic rings. The van der Waals surface area contributed by atoms with Crippen LogP contribution in [0.15, 0.2) is 64.6 Å². The summed E-state index contributed by atoms with van der Waals surface area (Å²) in [5.41, 5.74) is 2.42. The van der Waals surface area contributed by atoms with Gasteiger partial charge in [-0.25, -0.2) is 4.79 Å². The molecule has 0 saturated carbocycles. The molecule has 7 nitrogen and oxygen atoms in total. The SMILES string of the molecule is Cc1ccc(S(=O)(=O)N/N=C(/c2ccccc2)C2CCN(C(=O)O)CC2)cc1. The molecule has 2 aromatic carbocycles. The van der Waals surface area contributed by atoms with Gasteiger partial charge in [0.05, 0.1) is 10.6 Å². The van der Waals surface area contributed by atoms with Crippen molar-refractivity contribution in [1.82, 2.24) is 9.73 Å². The van der Waals surface area contributed by atoms with E-state index >= 15 is 0 Å². The third-order valence-electron chi connectivity index (χ3n) is 4.84. The molecule has 1 aliphatic rings. The first-order valence-corrected chi connectivity index (χ1v) is 10.5. The summed E-state index contributed by atoms with van der Waals surface area (Å²) in [6.45, 7) is 2.69. The van der Waals surface area contributed by atoms with Gasteiger partial charge in [0, 0.05) is 19.0 Å². The Labute approximate surface area is 164 Å². The number of benzene rings is 2. The van der Waals surface area contributed by atoms with Crippen molar-refractivity contribution in [3.63, 3.8) is 0 Å². The number of nitrogens with zero attached hydrogens (tertiary/aromatic N) is 2. The van der Waals surface area contributed by atoms with Gasteiger partial charge in [-0.15, -0.1) is 0 Å². The quantitative estimate of drug-likeness (QED) is 0.594. The number of carbonyl (C=O) groups is 1. The normalized spacial score (nSPS) is 16.0. The Morgan fingerprint density at radius 1 is 1.07 bits per heavy atom. The van der Waals surface area contributed by atoms with Crippen LogP contribution in [0.2, 0.25) is 0 Å². The van der Waals surface area contributed by atoms with Gasteiger partial charge >= 0.3 is 6.09 Å². The molecule has 0 radical (unpaired) electrons. The number of likely N-dealkylation sites (tertiary alicyclic amines) is 1. The standard InChI is InChI=1S/C20H23N3O4S/c1-15-7-9-18(10-8-15)28(26,27)22-21-19(16-5-3-2-4-6-16)17-11-13-23(14-12-17)20(24)25/h2-10,17,22H,11-14H2,1H3,(H,24,25)/b21-19-. The average Bonchev–Trinajstić information content (AvgIpc) is 2.69. The van der Waals surface area contributed by atoms with Crippen molar-refractivity contribution in [1.29, 1.82) is 0 Å². The average molecular weight is 401 g/mol. The lowest BCUT2D eigenvalue weighted by Crippen LogP contribution is -2.40. The first-order chi connectivity index (χ1) is 13.4. The maximum atomic E-state index is 12.6. The fourth-order valence-electron chi connectivity index (χ4n) is 3.22. The maximum Gasteiger partial charge on any atom is 0.407 e. The zero-order chi connectivity index (χ0) is 20.1. The molecule has 1 aliphatic heterocycles. The van der Waals surface area contributed by atoms with Gasteiger partial charge < -0.3 is 10.0 Å². The minimum atomic E-state index is -3.79. The summed E-state index contributed by atoms with van der Waals surface area (Å²) in [4.78, 5) is 15.0. The van der Waals surface area contributed by atoms with E-state index in [1.807, 2.05) is 37.3 Å². The highest BCUT2D eigenvalue weighted by Gasteiger charge is 2.27. The monoisotopic (exact) mass is 401 g/mol. The van der Waals surface area contributed by atoms with E-state index in [2.05, 4.69) is 9.93 Å². The highest BCUT2D eigenvalue weighted by molar-refractivity contribution is 7.89. The van der Waals surface area contributed by atoms with Crippen LogP contribution in [0, 0.1) is 12.8 Å². The van der Waals surface area contributed by atoms with Crippen molar-refractivity contribution in [2.75, 3.05) is 13.1 Å². The molecule has 1 amide bonds. The van der Waals surface area contributed by atoms with Crippen LogP contribution < -0.4 is 4.83 Å². The molecule has 28 heavy (non-hydrogen) atoms.